The molecule has 0 atom stereocenters. The number of halogens is 3. The lowest BCUT2D eigenvalue weighted by Gasteiger charge is -2.22. The molecule has 3 nitrogen and oxygen atoms in total. The number of alkyl halides is 3. The first-order valence-electron chi connectivity index (χ1n) is 5.20. The summed E-state index contributed by atoms with van der Waals surface area (Å²) in [6.07, 6.45) is -4.16. The van der Waals surface area contributed by atoms with Gasteiger partial charge in [0.2, 0.25) is 0 Å². The van der Waals surface area contributed by atoms with Crippen molar-refractivity contribution < 1.29 is 13.2 Å². The molecule has 0 saturated heterocycles. The molecule has 0 aromatic rings. The number of nitrogens with zero attached hydrogens (tertiary/aromatic N) is 3. The van der Waals surface area contributed by atoms with Gasteiger partial charge in [-0.25, -0.2) is 0 Å². The van der Waals surface area contributed by atoms with Gasteiger partial charge >= 0.3 is 6.18 Å². The van der Waals surface area contributed by atoms with Gasteiger partial charge in [0.25, 0.3) is 0 Å². The first kappa shape index (κ1) is 15.1. The lowest BCUT2D eigenvalue weighted by atomic mass is 10.2. The second-order valence-electron chi connectivity index (χ2n) is 4.04. The van der Waals surface area contributed by atoms with Crippen LogP contribution in [0, 0.1) is 0 Å². The Hall–Kier alpha value is -0.940. The van der Waals surface area contributed by atoms with Gasteiger partial charge in [0.1, 0.15) is 0 Å². The molecule has 6 heteroatoms. The van der Waals surface area contributed by atoms with Crippen molar-refractivity contribution in [2.45, 2.75) is 25.4 Å². The third-order valence-corrected chi connectivity index (χ3v) is 1.92. The predicted octanol–water partition coefficient (Wildman–Crippen LogP) is 2.20. The molecule has 16 heavy (non-hydrogen) atoms. The fraction of sp³-hybridized carbons (Fsp3) is 0.900. The lowest BCUT2D eigenvalue weighted by Crippen LogP contribution is -2.35. The molecule has 0 aliphatic heterocycles. The van der Waals surface area contributed by atoms with Crippen LogP contribution in [-0.2, 0) is 0 Å². The zero-order valence-corrected chi connectivity index (χ0v) is 10.3. The van der Waals surface area contributed by atoms with Crippen molar-refractivity contribution >= 4 is 5.96 Å². The quantitative estimate of drug-likeness (QED) is 0.425. The Morgan fingerprint density at radius 3 is 1.88 bits per heavy atom. The highest BCUT2D eigenvalue weighted by molar-refractivity contribution is 5.79. The third kappa shape index (κ3) is 7.36. The van der Waals surface area contributed by atoms with E-state index in [4.69, 9.17) is 0 Å². The lowest BCUT2D eigenvalue weighted by molar-refractivity contribution is -0.135. The zero-order chi connectivity index (χ0) is 12.8. The average molecular weight is 239 g/mol. The molecule has 0 aliphatic rings. The number of rotatable bonds is 4. The van der Waals surface area contributed by atoms with Crippen LogP contribution in [0.4, 0.5) is 13.2 Å². The number of aliphatic imine (C=N–C) groups is 1. The Kier molecular flexibility index (Phi) is 6.21. The summed E-state index contributed by atoms with van der Waals surface area (Å²) in [5, 5.41) is 0. The van der Waals surface area contributed by atoms with Crippen LogP contribution in [0.2, 0.25) is 0 Å². The smallest absolute Gasteiger partial charge is 0.349 e. The maximum absolute atomic E-state index is 11.8. The molecular formula is C10H20F3N3. The Morgan fingerprint density at radius 2 is 1.50 bits per heavy atom. The van der Waals surface area contributed by atoms with Gasteiger partial charge in [0.05, 0.1) is 0 Å². The van der Waals surface area contributed by atoms with Gasteiger partial charge in [-0.2, -0.15) is 13.2 Å². The monoisotopic (exact) mass is 239 g/mol. The highest BCUT2D eigenvalue weighted by Gasteiger charge is 2.25. The maximum atomic E-state index is 11.8. The second-order valence-corrected chi connectivity index (χ2v) is 4.04. The molecule has 0 fully saturated rings. The molecule has 0 N–H and O–H groups in total. The summed E-state index contributed by atoms with van der Waals surface area (Å²) in [6, 6.07) is 0. The van der Waals surface area contributed by atoms with Crippen LogP contribution in [0.5, 0.6) is 0 Å². The normalized spacial score (nSPS) is 11.2. The molecule has 0 unspecified atom stereocenters. The number of guanidine groups is 1. The largest absolute Gasteiger partial charge is 0.389 e. The van der Waals surface area contributed by atoms with Crippen molar-refractivity contribution in [1.82, 2.24) is 9.80 Å². The molecule has 0 bridgehead atoms. The summed E-state index contributed by atoms with van der Waals surface area (Å²) < 4.78 is 35.5. The number of hydrogen-bond acceptors (Lipinski definition) is 1. The minimum Gasteiger partial charge on any atom is -0.349 e. The first-order valence-corrected chi connectivity index (χ1v) is 5.20. The van der Waals surface area contributed by atoms with Crippen LogP contribution >= 0.6 is 0 Å². The highest BCUT2D eigenvalue weighted by atomic mass is 19.4. The van der Waals surface area contributed by atoms with Crippen molar-refractivity contribution in [2.75, 3.05) is 34.7 Å². The van der Waals surface area contributed by atoms with E-state index in [2.05, 4.69) is 4.99 Å². The summed E-state index contributed by atoms with van der Waals surface area (Å²) in [7, 11) is 7.42. The van der Waals surface area contributed by atoms with Gasteiger partial charge in [0, 0.05) is 41.2 Å². The van der Waals surface area contributed by atoms with E-state index < -0.39 is 12.6 Å². The molecule has 0 spiro atoms. The SMILES string of the molecule is CN(C)C(=NCCCCC(F)(F)F)N(C)C. The second kappa shape index (κ2) is 6.60. The Balaban J connectivity index is 3.89. The maximum Gasteiger partial charge on any atom is 0.389 e. The minimum atomic E-state index is -4.05. The molecule has 0 aromatic carbocycles. The summed E-state index contributed by atoms with van der Waals surface area (Å²) in [4.78, 5) is 7.92. The van der Waals surface area contributed by atoms with Crippen LogP contribution in [-0.4, -0.2) is 56.7 Å². The molecule has 0 rings (SSSR count). The standard InChI is InChI=1S/C10H20F3N3/c1-15(2)9(16(3)4)14-8-6-5-7-10(11,12)13/h5-8H2,1-4H3. The molecular weight excluding hydrogens is 219 g/mol. The van der Waals surface area contributed by atoms with E-state index in [0.717, 1.165) is 5.96 Å². The molecule has 0 radical (unpaired) electrons. The summed E-state index contributed by atoms with van der Waals surface area (Å²) in [6.45, 7) is 0.432. The average Bonchev–Trinajstić information content (AvgIpc) is 2.07. The van der Waals surface area contributed by atoms with Crippen molar-refractivity contribution in [3.8, 4) is 0 Å². The van der Waals surface area contributed by atoms with Crippen molar-refractivity contribution in [1.29, 1.82) is 0 Å². The van der Waals surface area contributed by atoms with Gasteiger partial charge < -0.3 is 9.80 Å². The van der Waals surface area contributed by atoms with E-state index >= 15 is 0 Å². The summed E-state index contributed by atoms with van der Waals surface area (Å²) in [5.41, 5.74) is 0. The Morgan fingerprint density at radius 1 is 1.00 bits per heavy atom. The van der Waals surface area contributed by atoms with E-state index in [1.165, 1.54) is 0 Å². The fourth-order valence-corrected chi connectivity index (χ4v) is 1.30. The predicted molar refractivity (Wildman–Crippen MR) is 59.6 cm³/mol. The van der Waals surface area contributed by atoms with Gasteiger partial charge in [-0.3, -0.25) is 4.99 Å². The Bertz CT molecular complexity index is 212. The van der Waals surface area contributed by atoms with Gasteiger partial charge in [-0.05, 0) is 12.8 Å². The molecule has 0 amide bonds. The van der Waals surface area contributed by atoms with Crippen LogP contribution in [0.15, 0.2) is 4.99 Å². The molecule has 0 saturated carbocycles. The number of unbranched alkanes of at least 4 members (excludes halogenated alkanes) is 1. The van der Waals surface area contributed by atoms with E-state index in [0.29, 0.717) is 13.0 Å². The van der Waals surface area contributed by atoms with Crippen LogP contribution in [0.3, 0.4) is 0 Å². The minimum absolute atomic E-state index is 0.140. The summed E-state index contributed by atoms with van der Waals surface area (Å²) >= 11 is 0. The topological polar surface area (TPSA) is 18.8 Å². The van der Waals surface area contributed by atoms with Crippen LogP contribution in [0.25, 0.3) is 0 Å². The van der Waals surface area contributed by atoms with Crippen molar-refractivity contribution in [3.63, 3.8) is 0 Å². The highest BCUT2D eigenvalue weighted by Crippen LogP contribution is 2.21. The molecule has 0 aliphatic carbocycles. The van der Waals surface area contributed by atoms with E-state index in [-0.39, 0.29) is 6.42 Å². The van der Waals surface area contributed by atoms with Gasteiger partial charge in [-0.15, -0.1) is 0 Å². The molecule has 0 aromatic heterocycles. The van der Waals surface area contributed by atoms with Gasteiger partial charge in [0.15, 0.2) is 5.96 Å². The fourth-order valence-electron chi connectivity index (χ4n) is 1.30. The summed E-state index contributed by atoms with van der Waals surface area (Å²) in [5.74, 6) is 0.770. The first-order chi connectivity index (χ1) is 7.24. The zero-order valence-electron chi connectivity index (χ0n) is 10.3. The van der Waals surface area contributed by atoms with Gasteiger partial charge in [-0.1, -0.05) is 0 Å². The molecule has 96 valence electrons. The Labute approximate surface area is 94.9 Å². The van der Waals surface area contributed by atoms with E-state index in [1.807, 2.05) is 38.0 Å². The van der Waals surface area contributed by atoms with Crippen LogP contribution in [0.1, 0.15) is 19.3 Å². The van der Waals surface area contributed by atoms with Crippen molar-refractivity contribution in [2.24, 2.45) is 4.99 Å². The van der Waals surface area contributed by atoms with E-state index in [9.17, 15) is 13.2 Å². The van der Waals surface area contributed by atoms with E-state index in [1.54, 1.807) is 0 Å². The third-order valence-electron chi connectivity index (χ3n) is 1.92. The van der Waals surface area contributed by atoms with Crippen LogP contribution < -0.4 is 0 Å². The number of hydrogen-bond donors (Lipinski definition) is 0. The van der Waals surface area contributed by atoms with Crippen molar-refractivity contribution in [3.05, 3.63) is 0 Å². The molecule has 0 heterocycles.